The maximum atomic E-state index is 10.5. The monoisotopic (exact) mass is 249 g/mol. The summed E-state index contributed by atoms with van der Waals surface area (Å²) in [6.45, 7) is 1.54. The van der Waals surface area contributed by atoms with Crippen LogP contribution in [0.3, 0.4) is 0 Å². The normalized spacial score (nSPS) is 10.8. The van der Waals surface area contributed by atoms with Crippen molar-refractivity contribution in [3.63, 3.8) is 0 Å². The highest BCUT2D eigenvalue weighted by Crippen LogP contribution is 2.21. The molecule has 0 aliphatic carbocycles. The number of nitrogens with zero attached hydrogens (tertiary/aromatic N) is 1. The molecular formula is C12H15N3OS. The van der Waals surface area contributed by atoms with Crippen molar-refractivity contribution in [3.05, 3.63) is 29.3 Å². The molecule has 1 amide bonds. The summed E-state index contributed by atoms with van der Waals surface area (Å²) < 4.78 is 1.21. The zero-order valence-corrected chi connectivity index (χ0v) is 10.3. The number of hydrogen-bond acceptors (Lipinski definition) is 4. The Morgan fingerprint density at radius 1 is 1.41 bits per heavy atom. The van der Waals surface area contributed by atoms with Gasteiger partial charge in [0, 0.05) is 13.0 Å². The van der Waals surface area contributed by atoms with E-state index in [9.17, 15) is 4.79 Å². The molecule has 0 saturated carbocycles. The average molecular weight is 249 g/mol. The lowest BCUT2D eigenvalue weighted by molar-refractivity contribution is -0.118. The van der Waals surface area contributed by atoms with E-state index in [-0.39, 0.29) is 5.91 Å². The van der Waals surface area contributed by atoms with Crippen LogP contribution in [-0.4, -0.2) is 17.4 Å². The Morgan fingerprint density at radius 3 is 3.00 bits per heavy atom. The van der Waals surface area contributed by atoms with E-state index >= 15 is 0 Å². The number of carbonyl (C=O) groups is 1. The van der Waals surface area contributed by atoms with E-state index in [1.807, 2.05) is 18.2 Å². The molecule has 0 atom stereocenters. The Kier molecular flexibility index (Phi) is 4.06. The van der Waals surface area contributed by atoms with Gasteiger partial charge in [0.25, 0.3) is 0 Å². The second-order valence-corrected chi connectivity index (χ2v) is 4.94. The van der Waals surface area contributed by atoms with Gasteiger partial charge in [-0.3, -0.25) is 4.79 Å². The van der Waals surface area contributed by atoms with Crippen LogP contribution in [0.4, 0.5) is 0 Å². The molecule has 90 valence electrons. The minimum atomic E-state index is -0.244. The third-order valence-electron chi connectivity index (χ3n) is 2.39. The van der Waals surface area contributed by atoms with Crippen LogP contribution in [0.1, 0.15) is 17.8 Å². The number of para-hydroxylation sites is 1. The first-order valence-electron chi connectivity index (χ1n) is 5.59. The zero-order chi connectivity index (χ0) is 12.1. The number of nitrogens with two attached hydrogens (primary N) is 1. The largest absolute Gasteiger partial charge is 0.370 e. The highest BCUT2D eigenvalue weighted by atomic mass is 32.1. The summed E-state index contributed by atoms with van der Waals surface area (Å²) >= 11 is 1.70. The SMILES string of the molecule is NC(=O)CCCNCc1nc2ccccc2s1. The maximum Gasteiger partial charge on any atom is 0.217 e. The topological polar surface area (TPSA) is 68.0 Å². The van der Waals surface area contributed by atoms with Gasteiger partial charge in [-0.2, -0.15) is 0 Å². The second-order valence-electron chi connectivity index (χ2n) is 3.82. The summed E-state index contributed by atoms with van der Waals surface area (Å²) in [6.07, 6.45) is 1.22. The molecule has 3 N–H and O–H groups in total. The van der Waals surface area contributed by atoms with Crippen LogP contribution in [0.15, 0.2) is 24.3 Å². The van der Waals surface area contributed by atoms with Crippen molar-refractivity contribution in [2.75, 3.05) is 6.54 Å². The van der Waals surface area contributed by atoms with Crippen molar-refractivity contribution in [3.8, 4) is 0 Å². The van der Waals surface area contributed by atoms with Crippen molar-refractivity contribution < 1.29 is 4.79 Å². The van der Waals surface area contributed by atoms with Gasteiger partial charge >= 0.3 is 0 Å². The lowest BCUT2D eigenvalue weighted by atomic mass is 10.3. The predicted molar refractivity (Wildman–Crippen MR) is 69.8 cm³/mol. The molecule has 1 aromatic heterocycles. The molecule has 5 heteroatoms. The molecule has 0 spiro atoms. The molecule has 2 aromatic rings. The third-order valence-corrected chi connectivity index (χ3v) is 3.43. The summed E-state index contributed by atoms with van der Waals surface area (Å²) in [7, 11) is 0. The Hall–Kier alpha value is -1.46. The van der Waals surface area contributed by atoms with Gasteiger partial charge in [0.05, 0.1) is 10.2 Å². The molecule has 0 bridgehead atoms. The van der Waals surface area contributed by atoms with E-state index in [4.69, 9.17) is 5.73 Å². The summed E-state index contributed by atoms with van der Waals surface area (Å²) in [6, 6.07) is 8.10. The van der Waals surface area contributed by atoms with E-state index in [1.165, 1.54) is 4.70 Å². The lowest BCUT2D eigenvalue weighted by Gasteiger charge is -2.00. The molecule has 0 aliphatic rings. The highest BCUT2D eigenvalue weighted by molar-refractivity contribution is 7.18. The fourth-order valence-corrected chi connectivity index (χ4v) is 2.52. The number of amides is 1. The molecule has 2 rings (SSSR count). The van der Waals surface area contributed by atoms with Gasteiger partial charge in [0.1, 0.15) is 5.01 Å². The summed E-state index contributed by atoms with van der Waals surface area (Å²) in [5, 5.41) is 4.33. The van der Waals surface area contributed by atoms with Gasteiger partial charge in [-0.15, -0.1) is 11.3 Å². The Labute approximate surface area is 104 Å². The van der Waals surface area contributed by atoms with Crippen LogP contribution in [0.5, 0.6) is 0 Å². The fourth-order valence-electron chi connectivity index (χ4n) is 1.58. The van der Waals surface area contributed by atoms with Crippen LogP contribution in [0.25, 0.3) is 10.2 Å². The first-order valence-corrected chi connectivity index (χ1v) is 6.41. The minimum absolute atomic E-state index is 0.244. The van der Waals surface area contributed by atoms with E-state index in [0.29, 0.717) is 6.42 Å². The summed E-state index contributed by atoms with van der Waals surface area (Å²) in [5.74, 6) is -0.244. The van der Waals surface area contributed by atoms with Gasteiger partial charge in [-0.05, 0) is 25.1 Å². The quantitative estimate of drug-likeness (QED) is 0.765. The fraction of sp³-hybridized carbons (Fsp3) is 0.333. The van der Waals surface area contributed by atoms with Crippen molar-refractivity contribution in [1.29, 1.82) is 0 Å². The smallest absolute Gasteiger partial charge is 0.217 e. The van der Waals surface area contributed by atoms with Crippen molar-refractivity contribution in [1.82, 2.24) is 10.3 Å². The van der Waals surface area contributed by atoms with E-state index < -0.39 is 0 Å². The zero-order valence-electron chi connectivity index (χ0n) is 9.48. The van der Waals surface area contributed by atoms with Crippen LogP contribution < -0.4 is 11.1 Å². The van der Waals surface area contributed by atoms with Gasteiger partial charge < -0.3 is 11.1 Å². The van der Waals surface area contributed by atoms with E-state index in [0.717, 1.165) is 30.0 Å². The summed E-state index contributed by atoms with van der Waals surface area (Å²) in [5.41, 5.74) is 6.11. The van der Waals surface area contributed by atoms with Gasteiger partial charge in [-0.1, -0.05) is 12.1 Å². The number of benzene rings is 1. The molecule has 1 heterocycles. The molecule has 1 aromatic carbocycles. The van der Waals surface area contributed by atoms with Gasteiger partial charge in [-0.25, -0.2) is 4.98 Å². The molecule has 17 heavy (non-hydrogen) atoms. The van der Waals surface area contributed by atoms with Crippen LogP contribution in [-0.2, 0) is 11.3 Å². The molecule has 0 fully saturated rings. The Balaban J connectivity index is 1.81. The maximum absolute atomic E-state index is 10.5. The number of fused-ring (bicyclic) bond motifs is 1. The number of primary amides is 1. The first kappa shape index (κ1) is 12.0. The molecule has 0 aliphatic heterocycles. The standard InChI is InChI=1S/C12H15N3OS/c13-11(16)6-3-7-14-8-12-15-9-4-1-2-5-10(9)17-12/h1-2,4-5,14H,3,6-8H2,(H2,13,16). The number of nitrogens with one attached hydrogen (secondary N) is 1. The Morgan fingerprint density at radius 2 is 2.24 bits per heavy atom. The number of aromatic nitrogens is 1. The van der Waals surface area contributed by atoms with Gasteiger partial charge in [0.15, 0.2) is 0 Å². The second kappa shape index (κ2) is 5.75. The summed E-state index contributed by atoms with van der Waals surface area (Å²) in [4.78, 5) is 15.0. The molecule has 0 saturated heterocycles. The van der Waals surface area contributed by atoms with Crippen molar-refractivity contribution in [2.24, 2.45) is 5.73 Å². The minimum Gasteiger partial charge on any atom is -0.370 e. The average Bonchev–Trinajstić information content (AvgIpc) is 2.70. The molecule has 4 nitrogen and oxygen atoms in total. The van der Waals surface area contributed by atoms with Crippen molar-refractivity contribution in [2.45, 2.75) is 19.4 Å². The van der Waals surface area contributed by atoms with E-state index in [2.05, 4.69) is 16.4 Å². The first-order chi connectivity index (χ1) is 8.25. The molecular weight excluding hydrogens is 234 g/mol. The van der Waals surface area contributed by atoms with Crippen LogP contribution in [0, 0.1) is 0 Å². The Bertz CT molecular complexity index is 476. The predicted octanol–water partition coefficient (Wildman–Crippen LogP) is 1.65. The highest BCUT2D eigenvalue weighted by Gasteiger charge is 2.02. The lowest BCUT2D eigenvalue weighted by Crippen LogP contribution is -2.18. The van der Waals surface area contributed by atoms with Gasteiger partial charge in [0.2, 0.25) is 5.91 Å². The number of rotatable bonds is 6. The third kappa shape index (κ3) is 3.51. The number of carbonyl (C=O) groups excluding carboxylic acids is 1. The number of hydrogen-bond donors (Lipinski definition) is 2. The molecule has 0 unspecified atom stereocenters. The van der Waals surface area contributed by atoms with E-state index in [1.54, 1.807) is 11.3 Å². The number of thiazole rings is 1. The van der Waals surface area contributed by atoms with Crippen LogP contribution in [0.2, 0.25) is 0 Å². The molecule has 0 radical (unpaired) electrons. The van der Waals surface area contributed by atoms with Crippen LogP contribution >= 0.6 is 11.3 Å². The van der Waals surface area contributed by atoms with Crippen molar-refractivity contribution >= 4 is 27.5 Å².